The summed E-state index contributed by atoms with van der Waals surface area (Å²) in [7, 11) is 2.05. The standard InChI is InChI=1S/C19H25N/c1-4-16-8-11-18(12-9-16)19(20-3)13-10-17-7-5-6-15(2)14-17/h5-9,11-12,14,19-20H,4,10,13H2,1-3H3. The maximum Gasteiger partial charge on any atom is 0.0320 e. The van der Waals surface area contributed by atoms with Crippen molar-refractivity contribution in [2.75, 3.05) is 7.05 Å². The van der Waals surface area contributed by atoms with Gasteiger partial charge in [-0.1, -0.05) is 61.0 Å². The lowest BCUT2D eigenvalue weighted by Gasteiger charge is -2.17. The van der Waals surface area contributed by atoms with E-state index >= 15 is 0 Å². The van der Waals surface area contributed by atoms with Crippen molar-refractivity contribution in [2.45, 2.75) is 39.2 Å². The molecule has 0 aromatic heterocycles. The highest BCUT2D eigenvalue weighted by molar-refractivity contribution is 5.26. The first kappa shape index (κ1) is 14.8. The minimum absolute atomic E-state index is 0.432. The van der Waals surface area contributed by atoms with Gasteiger partial charge in [-0.15, -0.1) is 0 Å². The third kappa shape index (κ3) is 3.94. The van der Waals surface area contributed by atoms with Crippen LogP contribution in [0.1, 0.15) is 41.6 Å². The fourth-order valence-corrected chi connectivity index (χ4v) is 2.64. The molecule has 0 spiro atoms. The largest absolute Gasteiger partial charge is 0.313 e. The smallest absolute Gasteiger partial charge is 0.0320 e. The molecule has 1 nitrogen and oxygen atoms in total. The van der Waals surface area contributed by atoms with Crippen LogP contribution >= 0.6 is 0 Å². The maximum atomic E-state index is 3.44. The Hall–Kier alpha value is -1.60. The lowest BCUT2D eigenvalue weighted by molar-refractivity contribution is 0.549. The van der Waals surface area contributed by atoms with E-state index in [1.54, 1.807) is 0 Å². The predicted octanol–water partition coefficient (Wildman–Crippen LogP) is 4.45. The number of hydrogen-bond donors (Lipinski definition) is 1. The molecule has 2 rings (SSSR count). The summed E-state index contributed by atoms with van der Waals surface area (Å²) in [5, 5.41) is 3.44. The summed E-state index contributed by atoms with van der Waals surface area (Å²) in [5.74, 6) is 0. The zero-order valence-electron chi connectivity index (χ0n) is 12.8. The van der Waals surface area contributed by atoms with Crippen LogP contribution in [0.15, 0.2) is 48.5 Å². The van der Waals surface area contributed by atoms with Gasteiger partial charge in [0.15, 0.2) is 0 Å². The van der Waals surface area contributed by atoms with Gasteiger partial charge in [-0.25, -0.2) is 0 Å². The van der Waals surface area contributed by atoms with Gasteiger partial charge in [0.25, 0.3) is 0 Å². The Morgan fingerprint density at radius 2 is 1.75 bits per heavy atom. The molecular formula is C19H25N. The highest BCUT2D eigenvalue weighted by Gasteiger charge is 2.09. The van der Waals surface area contributed by atoms with Crippen molar-refractivity contribution in [1.82, 2.24) is 5.32 Å². The topological polar surface area (TPSA) is 12.0 Å². The van der Waals surface area contributed by atoms with Gasteiger partial charge in [-0.2, -0.15) is 0 Å². The van der Waals surface area contributed by atoms with Crippen LogP contribution in [0.5, 0.6) is 0 Å². The van der Waals surface area contributed by atoms with E-state index in [2.05, 4.69) is 74.7 Å². The summed E-state index contributed by atoms with van der Waals surface area (Å²) in [5.41, 5.74) is 5.56. The molecular weight excluding hydrogens is 242 g/mol. The van der Waals surface area contributed by atoms with Gasteiger partial charge in [0.2, 0.25) is 0 Å². The van der Waals surface area contributed by atoms with E-state index in [1.165, 1.54) is 22.3 Å². The van der Waals surface area contributed by atoms with Crippen molar-refractivity contribution in [3.63, 3.8) is 0 Å². The van der Waals surface area contributed by atoms with Crippen LogP contribution in [0.4, 0.5) is 0 Å². The van der Waals surface area contributed by atoms with Crippen LogP contribution in [0.25, 0.3) is 0 Å². The van der Waals surface area contributed by atoms with Crippen molar-refractivity contribution in [3.05, 3.63) is 70.8 Å². The summed E-state index contributed by atoms with van der Waals surface area (Å²) >= 11 is 0. The lowest BCUT2D eigenvalue weighted by Crippen LogP contribution is -2.17. The van der Waals surface area contributed by atoms with E-state index in [1.807, 2.05) is 0 Å². The molecule has 0 bridgehead atoms. The van der Waals surface area contributed by atoms with Gasteiger partial charge in [-0.05, 0) is 49.9 Å². The van der Waals surface area contributed by atoms with Crippen LogP contribution in [-0.2, 0) is 12.8 Å². The molecule has 2 aromatic rings. The van der Waals surface area contributed by atoms with E-state index in [4.69, 9.17) is 0 Å². The van der Waals surface area contributed by atoms with Gasteiger partial charge in [0.05, 0.1) is 0 Å². The molecule has 0 amide bonds. The normalized spacial score (nSPS) is 12.3. The summed E-state index contributed by atoms with van der Waals surface area (Å²) in [6.07, 6.45) is 3.35. The third-order valence-corrected chi connectivity index (χ3v) is 3.94. The molecule has 0 aliphatic carbocycles. The van der Waals surface area contributed by atoms with Gasteiger partial charge < -0.3 is 5.32 Å². The SMILES string of the molecule is CCc1ccc(C(CCc2cccc(C)c2)NC)cc1. The fraction of sp³-hybridized carbons (Fsp3) is 0.368. The highest BCUT2D eigenvalue weighted by atomic mass is 14.9. The Labute approximate surface area is 123 Å². The van der Waals surface area contributed by atoms with Crippen LogP contribution < -0.4 is 5.32 Å². The van der Waals surface area contributed by atoms with Crippen LogP contribution in [0.3, 0.4) is 0 Å². The molecule has 20 heavy (non-hydrogen) atoms. The first-order chi connectivity index (χ1) is 9.72. The molecule has 0 radical (unpaired) electrons. The molecule has 0 heterocycles. The molecule has 0 aliphatic rings. The van der Waals surface area contributed by atoms with Gasteiger partial charge in [0.1, 0.15) is 0 Å². The first-order valence-electron chi connectivity index (χ1n) is 7.54. The van der Waals surface area contributed by atoms with Crippen molar-refractivity contribution in [3.8, 4) is 0 Å². The highest BCUT2D eigenvalue weighted by Crippen LogP contribution is 2.20. The van der Waals surface area contributed by atoms with Crippen molar-refractivity contribution in [1.29, 1.82) is 0 Å². The number of nitrogens with one attached hydrogen (secondary N) is 1. The van der Waals surface area contributed by atoms with E-state index in [0.717, 1.165) is 19.3 Å². The van der Waals surface area contributed by atoms with E-state index in [-0.39, 0.29) is 0 Å². The number of benzene rings is 2. The van der Waals surface area contributed by atoms with Gasteiger partial charge in [-0.3, -0.25) is 0 Å². The summed E-state index contributed by atoms with van der Waals surface area (Å²) < 4.78 is 0. The zero-order valence-corrected chi connectivity index (χ0v) is 12.8. The number of aryl methyl sites for hydroxylation is 3. The molecule has 106 valence electrons. The van der Waals surface area contributed by atoms with Crippen molar-refractivity contribution >= 4 is 0 Å². The molecule has 1 N–H and O–H groups in total. The van der Waals surface area contributed by atoms with Crippen LogP contribution in [-0.4, -0.2) is 7.05 Å². The van der Waals surface area contributed by atoms with Crippen LogP contribution in [0.2, 0.25) is 0 Å². The van der Waals surface area contributed by atoms with Crippen molar-refractivity contribution in [2.24, 2.45) is 0 Å². The lowest BCUT2D eigenvalue weighted by atomic mass is 9.97. The van der Waals surface area contributed by atoms with E-state index in [9.17, 15) is 0 Å². The molecule has 0 saturated carbocycles. The second-order valence-electron chi connectivity index (χ2n) is 5.46. The Bertz CT molecular complexity index is 528. The minimum Gasteiger partial charge on any atom is -0.313 e. The molecule has 1 atom stereocenters. The van der Waals surface area contributed by atoms with Crippen LogP contribution in [0, 0.1) is 6.92 Å². The summed E-state index contributed by atoms with van der Waals surface area (Å²) in [4.78, 5) is 0. The average molecular weight is 267 g/mol. The Balaban J connectivity index is 2.01. The van der Waals surface area contributed by atoms with E-state index < -0.39 is 0 Å². The third-order valence-electron chi connectivity index (χ3n) is 3.94. The van der Waals surface area contributed by atoms with Gasteiger partial charge in [0, 0.05) is 6.04 Å². The Morgan fingerprint density at radius 1 is 1.00 bits per heavy atom. The number of rotatable bonds is 6. The minimum atomic E-state index is 0.432. The Kier molecular flexibility index (Phi) is 5.37. The molecule has 1 heteroatoms. The summed E-state index contributed by atoms with van der Waals surface area (Å²) in [6.45, 7) is 4.35. The molecule has 1 unspecified atom stereocenters. The maximum absolute atomic E-state index is 3.44. The zero-order chi connectivity index (χ0) is 14.4. The van der Waals surface area contributed by atoms with E-state index in [0.29, 0.717) is 6.04 Å². The first-order valence-corrected chi connectivity index (χ1v) is 7.54. The Morgan fingerprint density at radius 3 is 2.35 bits per heavy atom. The number of hydrogen-bond acceptors (Lipinski definition) is 1. The monoisotopic (exact) mass is 267 g/mol. The average Bonchev–Trinajstić information content (AvgIpc) is 2.48. The van der Waals surface area contributed by atoms with Gasteiger partial charge >= 0.3 is 0 Å². The second kappa shape index (κ2) is 7.25. The fourth-order valence-electron chi connectivity index (χ4n) is 2.64. The quantitative estimate of drug-likeness (QED) is 0.815. The molecule has 2 aromatic carbocycles. The summed E-state index contributed by atoms with van der Waals surface area (Å²) in [6, 6.07) is 18.2. The molecule has 0 fully saturated rings. The molecule has 0 aliphatic heterocycles. The van der Waals surface area contributed by atoms with Crippen molar-refractivity contribution < 1.29 is 0 Å². The predicted molar refractivity (Wildman–Crippen MR) is 87.1 cm³/mol. The second-order valence-corrected chi connectivity index (χ2v) is 5.46. The molecule has 0 saturated heterocycles.